The maximum absolute atomic E-state index is 13.0. The highest BCUT2D eigenvalue weighted by Gasteiger charge is 2.22. The fourth-order valence-electron chi connectivity index (χ4n) is 3.01. The van der Waals surface area contributed by atoms with Crippen LogP contribution in [0.25, 0.3) is 0 Å². The number of sulfone groups is 1. The van der Waals surface area contributed by atoms with E-state index in [2.05, 4.69) is 4.90 Å². The Morgan fingerprint density at radius 1 is 0.966 bits per heavy atom. The van der Waals surface area contributed by atoms with Gasteiger partial charge in [0, 0.05) is 38.1 Å². The second-order valence-electron chi connectivity index (χ2n) is 6.72. The molecule has 0 atom stereocenters. The van der Waals surface area contributed by atoms with E-state index in [0.717, 1.165) is 11.9 Å². The van der Waals surface area contributed by atoms with Crippen LogP contribution in [-0.4, -0.2) is 64.2 Å². The Hall–Kier alpha value is -2.94. The Morgan fingerprint density at radius 2 is 1.55 bits per heavy atom. The Morgan fingerprint density at radius 3 is 2.10 bits per heavy atom. The molecule has 0 saturated carbocycles. The maximum Gasteiger partial charge on any atom is 0.338 e. The molecular formula is C20H21FN2O5S. The Balaban J connectivity index is 1.48. The summed E-state index contributed by atoms with van der Waals surface area (Å²) in [5.41, 5.74) is 1.06. The third-order valence-electron chi connectivity index (χ3n) is 4.67. The van der Waals surface area contributed by atoms with Gasteiger partial charge in [-0.3, -0.25) is 4.79 Å². The summed E-state index contributed by atoms with van der Waals surface area (Å²) >= 11 is 0. The quantitative estimate of drug-likeness (QED) is 0.685. The average molecular weight is 420 g/mol. The Bertz CT molecular complexity index is 983. The summed E-state index contributed by atoms with van der Waals surface area (Å²) in [5.74, 6) is -1.29. The van der Waals surface area contributed by atoms with Gasteiger partial charge in [0.1, 0.15) is 5.82 Å². The van der Waals surface area contributed by atoms with Crippen LogP contribution >= 0.6 is 0 Å². The van der Waals surface area contributed by atoms with Crippen LogP contribution < -0.4 is 4.90 Å². The summed E-state index contributed by atoms with van der Waals surface area (Å²) in [6.45, 7) is 1.74. The summed E-state index contributed by atoms with van der Waals surface area (Å²) < 4.78 is 41.0. The van der Waals surface area contributed by atoms with Gasteiger partial charge in [-0.2, -0.15) is 0 Å². The second-order valence-corrected chi connectivity index (χ2v) is 8.73. The molecule has 9 heteroatoms. The zero-order valence-electron chi connectivity index (χ0n) is 15.9. The van der Waals surface area contributed by atoms with Gasteiger partial charge < -0.3 is 14.5 Å². The predicted octanol–water partition coefficient (Wildman–Crippen LogP) is 1.73. The van der Waals surface area contributed by atoms with Crippen LogP contribution in [0.2, 0.25) is 0 Å². The SMILES string of the molecule is CS(=O)(=O)c1ccc(C(=O)OCC(=O)N2CCN(c3ccc(F)cc3)CC2)cc1. The zero-order chi connectivity index (χ0) is 21.0. The van der Waals surface area contributed by atoms with Crippen molar-refractivity contribution >= 4 is 27.4 Å². The molecule has 1 heterocycles. The number of anilines is 1. The molecule has 2 aromatic carbocycles. The molecule has 0 N–H and O–H groups in total. The smallest absolute Gasteiger partial charge is 0.338 e. The number of piperazine rings is 1. The van der Waals surface area contributed by atoms with Crippen LogP contribution in [-0.2, 0) is 19.4 Å². The van der Waals surface area contributed by atoms with Crippen LogP contribution in [0.1, 0.15) is 10.4 Å². The van der Waals surface area contributed by atoms with E-state index in [4.69, 9.17) is 4.74 Å². The number of rotatable bonds is 5. The topological polar surface area (TPSA) is 84.0 Å². The van der Waals surface area contributed by atoms with Crippen LogP contribution in [0.3, 0.4) is 0 Å². The molecule has 0 unspecified atom stereocenters. The number of hydrogen-bond acceptors (Lipinski definition) is 6. The van der Waals surface area contributed by atoms with Gasteiger partial charge in [-0.1, -0.05) is 0 Å². The lowest BCUT2D eigenvalue weighted by Crippen LogP contribution is -2.49. The minimum Gasteiger partial charge on any atom is -0.452 e. The van der Waals surface area contributed by atoms with Crippen molar-refractivity contribution in [1.29, 1.82) is 0 Å². The summed E-state index contributed by atoms with van der Waals surface area (Å²) in [4.78, 5) is 28.2. The van der Waals surface area contributed by atoms with E-state index >= 15 is 0 Å². The number of hydrogen-bond donors (Lipinski definition) is 0. The highest BCUT2D eigenvalue weighted by Crippen LogP contribution is 2.17. The zero-order valence-corrected chi connectivity index (χ0v) is 16.7. The van der Waals surface area contributed by atoms with Crippen molar-refractivity contribution in [3.05, 3.63) is 59.9 Å². The van der Waals surface area contributed by atoms with Crippen molar-refractivity contribution in [2.45, 2.75) is 4.90 Å². The second kappa shape index (κ2) is 8.60. The van der Waals surface area contributed by atoms with E-state index in [-0.39, 0.29) is 28.8 Å². The van der Waals surface area contributed by atoms with Gasteiger partial charge in [0.25, 0.3) is 5.91 Å². The van der Waals surface area contributed by atoms with E-state index in [9.17, 15) is 22.4 Å². The van der Waals surface area contributed by atoms with Gasteiger partial charge in [-0.05, 0) is 48.5 Å². The minimum atomic E-state index is -3.35. The summed E-state index contributed by atoms with van der Waals surface area (Å²) in [7, 11) is -3.35. The van der Waals surface area contributed by atoms with Crippen LogP contribution in [0, 0.1) is 5.82 Å². The lowest BCUT2D eigenvalue weighted by molar-refractivity contribution is -0.134. The fraction of sp³-hybridized carbons (Fsp3) is 0.300. The minimum absolute atomic E-state index is 0.101. The molecule has 154 valence electrons. The largest absolute Gasteiger partial charge is 0.452 e. The fourth-order valence-corrected chi connectivity index (χ4v) is 3.64. The first-order chi connectivity index (χ1) is 13.7. The molecule has 1 aliphatic heterocycles. The number of amides is 1. The summed E-state index contributed by atoms with van der Waals surface area (Å²) in [5, 5.41) is 0. The first-order valence-corrected chi connectivity index (χ1v) is 10.9. The average Bonchev–Trinajstić information content (AvgIpc) is 2.72. The molecular weight excluding hydrogens is 399 g/mol. The van der Waals surface area contributed by atoms with Gasteiger partial charge in [0.05, 0.1) is 10.5 Å². The van der Waals surface area contributed by atoms with Crippen molar-refractivity contribution in [3.63, 3.8) is 0 Å². The van der Waals surface area contributed by atoms with Crippen LogP contribution in [0.4, 0.5) is 10.1 Å². The third-order valence-corrected chi connectivity index (χ3v) is 5.80. The van der Waals surface area contributed by atoms with E-state index < -0.39 is 15.8 Å². The van der Waals surface area contributed by atoms with E-state index in [1.807, 2.05) is 0 Å². The molecule has 7 nitrogen and oxygen atoms in total. The number of carbonyl (C=O) groups excluding carboxylic acids is 2. The lowest BCUT2D eigenvalue weighted by Gasteiger charge is -2.36. The van der Waals surface area contributed by atoms with Crippen molar-refractivity contribution < 1.29 is 27.1 Å². The number of carbonyl (C=O) groups is 2. The van der Waals surface area contributed by atoms with Crippen molar-refractivity contribution in [2.24, 2.45) is 0 Å². The molecule has 0 bridgehead atoms. The molecule has 29 heavy (non-hydrogen) atoms. The number of esters is 1. The van der Waals surface area contributed by atoms with E-state index in [0.29, 0.717) is 26.2 Å². The number of nitrogens with zero attached hydrogens (tertiary/aromatic N) is 2. The van der Waals surface area contributed by atoms with Crippen LogP contribution in [0.5, 0.6) is 0 Å². The predicted molar refractivity (Wildman–Crippen MR) is 105 cm³/mol. The molecule has 0 aliphatic carbocycles. The maximum atomic E-state index is 13.0. The molecule has 1 saturated heterocycles. The summed E-state index contributed by atoms with van der Waals surface area (Å²) in [6.07, 6.45) is 1.08. The van der Waals surface area contributed by atoms with Gasteiger partial charge >= 0.3 is 5.97 Å². The third kappa shape index (κ3) is 5.32. The molecule has 1 amide bonds. The lowest BCUT2D eigenvalue weighted by atomic mass is 10.2. The summed E-state index contributed by atoms with van der Waals surface area (Å²) in [6, 6.07) is 11.5. The molecule has 2 aromatic rings. The number of halogens is 1. The van der Waals surface area contributed by atoms with Gasteiger partial charge in [0.2, 0.25) is 0 Å². The standard InChI is InChI=1S/C20H21FN2O5S/c1-29(26,27)18-8-2-15(3-9-18)20(25)28-14-19(24)23-12-10-22(11-13-23)17-6-4-16(21)5-7-17/h2-9H,10-14H2,1H3. The highest BCUT2D eigenvalue weighted by atomic mass is 32.2. The normalized spacial score (nSPS) is 14.6. The molecule has 1 aliphatic rings. The van der Waals surface area contributed by atoms with E-state index in [1.54, 1.807) is 17.0 Å². The van der Waals surface area contributed by atoms with Crippen molar-refractivity contribution in [1.82, 2.24) is 4.90 Å². The molecule has 0 radical (unpaired) electrons. The molecule has 0 spiro atoms. The monoisotopic (exact) mass is 420 g/mol. The van der Waals surface area contributed by atoms with Gasteiger partial charge in [-0.25, -0.2) is 17.6 Å². The van der Waals surface area contributed by atoms with Gasteiger partial charge in [0.15, 0.2) is 16.4 Å². The number of ether oxygens (including phenoxy) is 1. The van der Waals surface area contributed by atoms with Crippen molar-refractivity contribution in [3.8, 4) is 0 Å². The first-order valence-electron chi connectivity index (χ1n) is 8.99. The first kappa shape index (κ1) is 20.8. The van der Waals surface area contributed by atoms with Crippen LogP contribution in [0.15, 0.2) is 53.4 Å². The van der Waals surface area contributed by atoms with E-state index in [1.165, 1.54) is 36.4 Å². The molecule has 3 rings (SSSR count). The molecule has 0 aromatic heterocycles. The number of benzene rings is 2. The Kier molecular flexibility index (Phi) is 6.17. The highest BCUT2D eigenvalue weighted by molar-refractivity contribution is 7.90. The van der Waals surface area contributed by atoms with Crippen molar-refractivity contribution in [2.75, 3.05) is 43.9 Å². The van der Waals surface area contributed by atoms with Gasteiger partial charge in [-0.15, -0.1) is 0 Å². The Labute approximate surface area is 168 Å². The molecule has 1 fully saturated rings.